The molecule has 2 fully saturated rings. The molecule has 1 atom stereocenters. The molecular weight excluding hydrogens is 506 g/mol. The van der Waals surface area contributed by atoms with Gasteiger partial charge in [-0.3, -0.25) is 18.9 Å². The van der Waals surface area contributed by atoms with Gasteiger partial charge in [0.15, 0.2) is 5.50 Å². The van der Waals surface area contributed by atoms with Crippen molar-refractivity contribution in [3.8, 4) is 5.75 Å². The molecule has 200 valence electrons. The Labute approximate surface area is 224 Å². The number of thioether (sulfide) groups is 1. The molecule has 6 rings (SSSR count). The van der Waals surface area contributed by atoms with Crippen LogP contribution < -0.4 is 31.3 Å². The van der Waals surface area contributed by atoms with Crippen LogP contribution in [0.25, 0.3) is 11.0 Å². The summed E-state index contributed by atoms with van der Waals surface area (Å²) in [6.07, 6.45) is 3.40. The Morgan fingerprint density at radius 3 is 2.87 bits per heavy atom. The number of piperazine rings is 1. The van der Waals surface area contributed by atoms with E-state index in [1.54, 1.807) is 34.0 Å². The number of para-hydroxylation sites is 1. The SMILES string of the molecule is Cn1c(=O)n(C2NC(C(=O)Nc3cnccc3N3CCNCC3)=CS2)c2cccc(OCC3(C)COC3)c21. The summed E-state index contributed by atoms with van der Waals surface area (Å²) < 4.78 is 14.7. The van der Waals surface area contributed by atoms with Crippen LogP contribution in [0, 0.1) is 5.41 Å². The highest BCUT2D eigenvalue weighted by Crippen LogP contribution is 2.35. The number of imidazole rings is 1. The van der Waals surface area contributed by atoms with E-state index in [2.05, 4.69) is 32.8 Å². The molecule has 2 saturated heterocycles. The molecule has 1 aromatic carbocycles. The van der Waals surface area contributed by atoms with Crippen LogP contribution in [0.3, 0.4) is 0 Å². The molecule has 1 unspecified atom stereocenters. The first-order valence-corrected chi connectivity index (χ1v) is 13.6. The number of nitrogens with one attached hydrogen (secondary N) is 3. The van der Waals surface area contributed by atoms with Gasteiger partial charge in [-0.1, -0.05) is 24.8 Å². The molecule has 5 heterocycles. The molecule has 1 amide bonds. The molecule has 3 aliphatic rings. The van der Waals surface area contributed by atoms with Gasteiger partial charge in [0, 0.05) is 50.2 Å². The van der Waals surface area contributed by atoms with Crippen LogP contribution >= 0.6 is 11.8 Å². The van der Waals surface area contributed by atoms with Crippen molar-refractivity contribution in [3.63, 3.8) is 0 Å². The average Bonchev–Trinajstić information content (AvgIpc) is 3.50. The molecule has 3 N–H and O–H groups in total. The third-order valence-electron chi connectivity index (χ3n) is 7.12. The van der Waals surface area contributed by atoms with E-state index in [9.17, 15) is 9.59 Å². The summed E-state index contributed by atoms with van der Waals surface area (Å²) in [6, 6.07) is 7.58. The molecule has 0 bridgehead atoms. The Morgan fingerprint density at radius 2 is 2.11 bits per heavy atom. The molecular formula is C26H31N7O4S. The van der Waals surface area contributed by atoms with Crippen molar-refractivity contribution in [1.82, 2.24) is 24.8 Å². The second-order valence-electron chi connectivity index (χ2n) is 10.2. The predicted octanol–water partition coefficient (Wildman–Crippen LogP) is 1.83. The maximum Gasteiger partial charge on any atom is 0.331 e. The van der Waals surface area contributed by atoms with E-state index in [0.29, 0.717) is 37.0 Å². The second-order valence-corrected chi connectivity index (χ2v) is 11.1. The van der Waals surface area contributed by atoms with Crippen molar-refractivity contribution in [2.24, 2.45) is 12.5 Å². The third-order valence-corrected chi connectivity index (χ3v) is 8.08. The first-order chi connectivity index (χ1) is 18.4. The van der Waals surface area contributed by atoms with Crippen molar-refractivity contribution in [3.05, 3.63) is 58.2 Å². The molecule has 2 aromatic heterocycles. The number of hydrogen-bond donors (Lipinski definition) is 3. The number of hydrogen-bond acceptors (Lipinski definition) is 9. The summed E-state index contributed by atoms with van der Waals surface area (Å²) in [7, 11) is 1.74. The van der Waals surface area contributed by atoms with E-state index >= 15 is 0 Å². The quantitative estimate of drug-likeness (QED) is 0.415. The topological polar surface area (TPSA) is 115 Å². The fraction of sp³-hybridized carbons (Fsp3) is 0.423. The van der Waals surface area contributed by atoms with Gasteiger partial charge < -0.3 is 30.3 Å². The van der Waals surface area contributed by atoms with Crippen LogP contribution in [0.15, 0.2) is 52.6 Å². The average molecular weight is 538 g/mol. The first-order valence-electron chi connectivity index (χ1n) is 12.7. The van der Waals surface area contributed by atoms with Gasteiger partial charge in [-0.2, -0.15) is 0 Å². The van der Waals surface area contributed by atoms with Crippen molar-refractivity contribution in [2.45, 2.75) is 12.4 Å². The zero-order valence-electron chi connectivity index (χ0n) is 21.4. The van der Waals surface area contributed by atoms with Crippen LogP contribution in [-0.4, -0.2) is 66.0 Å². The number of aryl methyl sites for hydroxylation is 1. The monoisotopic (exact) mass is 537 g/mol. The number of fused-ring (bicyclic) bond motifs is 1. The number of nitrogens with zero attached hydrogens (tertiary/aromatic N) is 4. The van der Waals surface area contributed by atoms with Gasteiger partial charge >= 0.3 is 5.69 Å². The van der Waals surface area contributed by atoms with Crippen LogP contribution in [0.1, 0.15) is 12.4 Å². The molecule has 0 saturated carbocycles. The number of amides is 1. The molecule has 38 heavy (non-hydrogen) atoms. The van der Waals surface area contributed by atoms with E-state index in [-0.39, 0.29) is 17.0 Å². The highest BCUT2D eigenvalue weighted by atomic mass is 32.2. The van der Waals surface area contributed by atoms with Crippen LogP contribution in [-0.2, 0) is 16.6 Å². The number of anilines is 2. The van der Waals surface area contributed by atoms with E-state index in [4.69, 9.17) is 9.47 Å². The smallest absolute Gasteiger partial charge is 0.331 e. The van der Waals surface area contributed by atoms with Gasteiger partial charge in [0.25, 0.3) is 5.91 Å². The highest BCUT2D eigenvalue weighted by Gasteiger charge is 2.35. The Morgan fingerprint density at radius 1 is 1.29 bits per heavy atom. The summed E-state index contributed by atoms with van der Waals surface area (Å²) in [5.74, 6) is 0.373. The molecule has 0 spiro atoms. The number of ether oxygens (including phenoxy) is 2. The predicted molar refractivity (Wildman–Crippen MR) is 147 cm³/mol. The number of aromatic nitrogens is 3. The summed E-state index contributed by atoms with van der Waals surface area (Å²) in [4.78, 5) is 33.0. The highest BCUT2D eigenvalue weighted by molar-refractivity contribution is 8.02. The zero-order valence-corrected chi connectivity index (χ0v) is 22.2. The van der Waals surface area contributed by atoms with Gasteiger partial charge in [-0.25, -0.2) is 4.79 Å². The Hall–Kier alpha value is -3.48. The van der Waals surface area contributed by atoms with Crippen LogP contribution in [0.4, 0.5) is 11.4 Å². The summed E-state index contributed by atoms with van der Waals surface area (Å²) in [5, 5.41) is 11.3. The zero-order chi connectivity index (χ0) is 26.3. The second kappa shape index (κ2) is 10.0. The minimum Gasteiger partial charge on any atom is -0.491 e. The lowest BCUT2D eigenvalue weighted by Gasteiger charge is -2.37. The summed E-state index contributed by atoms with van der Waals surface area (Å²) in [6.45, 7) is 7.45. The molecule has 11 nitrogen and oxygen atoms in total. The fourth-order valence-corrected chi connectivity index (χ4v) is 5.92. The number of pyridine rings is 1. The molecule has 12 heteroatoms. The Kier molecular flexibility index (Phi) is 6.54. The van der Waals surface area contributed by atoms with Gasteiger partial charge in [0.1, 0.15) is 17.0 Å². The van der Waals surface area contributed by atoms with E-state index < -0.39 is 5.50 Å². The van der Waals surface area contributed by atoms with Gasteiger partial charge in [0.05, 0.1) is 42.9 Å². The van der Waals surface area contributed by atoms with Gasteiger partial charge in [0.2, 0.25) is 0 Å². The van der Waals surface area contributed by atoms with Gasteiger partial charge in [-0.15, -0.1) is 0 Å². The molecule has 3 aliphatic heterocycles. The minimum atomic E-state index is -0.471. The fourth-order valence-electron chi connectivity index (χ4n) is 4.96. The van der Waals surface area contributed by atoms with Crippen molar-refractivity contribution < 1.29 is 14.3 Å². The van der Waals surface area contributed by atoms with E-state index in [1.165, 1.54) is 11.8 Å². The number of rotatable bonds is 7. The van der Waals surface area contributed by atoms with E-state index in [1.807, 2.05) is 24.3 Å². The molecule has 3 aromatic rings. The maximum atomic E-state index is 13.3. The summed E-state index contributed by atoms with van der Waals surface area (Å²) >= 11 is 1.38. The van der Waals surface area contributed by atoms with Crippen molar-refractivity contribution in [1.29, 1.82) is 0 Å². The van der Waals surface area contributed by atoms with Crippen LogP contribution in [0.5, 0.6) is 5.75 Å². The van der Waals surface area contributed by atoms with Crippen molar-refractivity contribution >= 4 is 40.1 Å². The van der Waals surface area contributed by atoms with Crippen LogP contribution in [0.2, 0.25) is 0 Å². The lowest BCUT2D eigenvalue weighted by Crippen LogP contribution is -2.44. The molecule has 0 radical (unpaired) electrons. The van der Waals surface area contributed by atoms with Crippen molar-refractivity contribution in [2.75, 3.05) is 56.2 Å². The Balaban J connectivity index is 1.20. The number of carbonyl (C=O) groups is 1. The minimum absolute atomic E-state index is 0.0162. The lowest BCUT2D eigenvalue weighted by atomic mass is 9.90. The summed E-state index contributed by atoms with van der Waals surface area (Å²) in [5.41, 5.74) is 2.77. The number of benzene rings is 1. The lowest BCUT2D eigenvalue weighted by molar-refractivity contribution is -0.120. The molecule has 0 aliphatic carbocycles. The number of carbonyl (C=O) groups excluding carboxylic acids is 1. The largest absolute Gasteiger partial charge is 0.491 e. The third kappa shape index (κ3) is 4.52. The maximum absolute atomic E-state index is 13.3. The standard InChI is InChI=1S/C26H31N7O4S/c1-26(14-36-15-26)16-37-21-5-3-4-20-22(21)31(2)25(35)33(20)24-30-18(13-38-24)23(34)29-17-12-28-7-6-19(17)32-10-8-27-9-11-32/h3-7,12-13,24,27,30H,8-11,14-16H2,1-2H3,(H,29,34). The Bertz CT molecular complexity index is 1460. The van der Waals surface area contributed by atoms with Gasteiger partial charge in [-0.05, 0) is 18.2 Å². The normalized spacial score (nSPS) is 20.5. The first kappa shape index (κ1) is 24.8. The van der Waals surface area contributed by atoms with E-state index in [0.717, 1.165) is 42.9 Å².